The molecular formula is C21H30N2O3. The summed E-state index contributed by atoms with van der Waals surface area (Å²) in [7, 11) is 0. The van der Waals surface area contributed by atoms with Gasteiger partial charge < -0.3 is 15.0 Å². The molecule has 5 nitrogen and oxygen atoms in total. The van der Waals surface area contributed by atoms with Gasteiger partial charge in [0.1, 0.15) is 0 Å². The van der Waals surface area contributed by atoms with Gasteiger partial charge in [0.15, 0.2) is 0 Å². The molecule has 1 N–H and O–H groups in total. The van der Waals surface area contributed by atoms with Gasteiger partial charge in [-0.1, -0.05) is 26.0 Å². The summed E-state index contributed by atoms with van der Waals surface area (Å²) in [6, 6.07) is 7.60. The fourth-order valence-corrected chi connectivity index (χ4v) is 3.83. The van der Waals surface area contributed by atoms with Crippen LogP contribution in [0.1, 0.15) is 55.5 Å². The maximum Gasteiger partial charge on any atom is 0.253 e. The number of nitrogens with zero attached hydrogens (tertiary/aromatic N) is 1. The van der Waals surface area contributed by atoms with E-state index in [9.17, 15) is 9.59 Å². The smallest absolute Gasteiger partial charge is 0.253 e. The second-order valence-corrected chi connectivity index (χ2v) is 7.97. The number of carbonyl (C=O) groups is 2. The quantitative estimate of drug-likeness (QED) is 0.900. The number of likely N-dealkylation sites (tertiary alicyclic amines) is 1. The molecule has 2 amide bonds. The molecule has 2 aliphatic heterocycles. The molecule has 142 valence electrons. The van der Waals surface area contributed by atoms with Gasteiger partial charge in [-0.3, -0.25) is 9.59 Å². The average molecular weight is 358 g/mol. The Morgan fingerprint density at radius 1 is 1.08 bits per heavy atom. The molecule has 1 spiro atoms. The monoisotopic (exact) mass is 358 g/mol. The van der Waals surface area contributed by atoms with Crippen molar-refractivity contribution in [3.63, 3.8) is 0 Å². The molecule has 0 unspecified atom stereocenters. The van der Waals surface area contributed by atoms with Gasteiger partial charge in [0.2, 0.25) is 5.91 Å². The van der Waals surface area contributed by atoms with Crippen LogP contribution in [-0.2, 0) is 16.1 Å². The molecule has 5 heteroatoms. The molecule has 2 fully saturated rings. The van der Waals surface area contributed by atoms with Crippen molar-refractivity contribution in [1.29, 1.82) is 0 Å². The highest BCUT2D eigenvalue weighted by Crippen LogP contribution is 2.40. The second kappa shape index (κ2) is 8.21. The topological polar surface area (TPSA) is 58.6 Å². The summed E-state index contributed by atoms with van der Waals surface area (Å²) in [4.78, 5) is 26.4. The molecule has 1 aromatic carbocycles. The van der Waals surface area contributed by atoms with Gasteiger partial charge in [-0.05, 0) is 48.8 Å². The molecule has 0 bridgehead atoms. The minimum atomic E-state index is -0.0195. The minimum Gasteiger partial charge on any atom is -0.381 e. The van der Waals surface area contributed by atoms with Crippen LogP contribution in [0.2, 0.25) is 0 Å². The van der Waals surface area contributed by atoms with E-state index in [4.69, 9.17) is 4.74 Å². The van der Waals surface area contributed by atoms with Crippen molar-refractivity contribution in [1.82, 2.24) is 10.2 Å². The molecule has 2 heterocycles. The molecule has 26 heavy (non-hydrogen) atoms. The highest BCUT2D eigenvalue weighted by Gasteiger charge is 2.37. The van der Waals surface area contributed by atoms with Crippen LogP contribution in [0.3, 0.4) is 0 Å². The van der Waals surface area contributed by atoms with E-state index in [2.05, 4.69) is 5.32 Å². The van der Waals surface area contributed by atoms with E-state index >= 15 is 0 Å². The van der Waals surface area contributed by atoms with Crippen LogP contribution < -0.4 is 5.32 Å². The Hall–Kier alpha value is -1.88. The standard InChI is InChI=1S/C21H30N2O3/c1-16(2)19(24)22-15-17-3-5-18(6-4-17)20(25)23-11-7-21(8-12-23)9-13-26-14-10-21/h3-6,16H,7-15H2,1-2H3,(H,22,24). The van der Waals surface area contributed by atoms with Gasteiger partial charge >= 0.3 is 0 Å². The van der Waals surface area contributed by atoms with Crippen molar-refractivity contribution in [2.24, 2.45) is 11.3 Å². The molecule has 0 saturated carbocycles. The predicted molar refractivity (Wildman–Crippen MR) is 101 cm³/mol. The first-order valence-corrected chi connectivity index (χ1v) is 9.73. The van der Waals surface area contributed by atoms with Crippen molar-refractivity contribution in [3.05, 3.63) is 35.4 Å². The lowest BCUT2D eigenvalue weighted by atomic mass is 9.72. The normalized spacial score (nSPS) is 19.6. The van der Waals surface area contributed by atoms with E-state index in [0.717, 1.165) is 63.1 Å². The number of ether oxygens (including phenoxy) is 1. The molecule has 1 aromatic rings. The Labute approximate surface area is 156 Å². The van der Waals surface area contributed by atoms with Crippen molar-refractivity contribution < 1.29 is 14.3 Å². The number of hydrogen-bond acceptors (Lipinski definition) is 3. The highest BCUT2D eigenvalue weighted by molar-refractivity contribution is 5.94. The molecule has 0 atom stereocenters. The largest absolute Gasteiger partial charge is 0.381 e. The summed E-state index contributed by atoms with van der Waals surface area (Å²) in [5, 5.41) is 2.90. The Morgan fingerprint density at radius 2 is 1.69 bits per heavy atom. The third-order valence-electron chi connectivity index (χ3n) is 5.86. The zero-order chi connectivity index (χ0) is 18.6. The first kappa shape index (κ1) is 18.9. The summed E-state index contributed by atoms with van der Waals surface area (Å²) in [6.07, 6.45) is 4.43. The molecule has 3 rings (SSSR count). The van der Waals surface area contributed by atoms with E-state index in [1.54, 1.807) is 0 Å². The fourth-order valence-electron chi connectivity index (χ4n) is 3.83. The Balaban J connectivity index is 1.53. The van der Waals surface area contributed by atoms with Crippen LogP contribution in [0.4, 0.5) is 0 Å². The lowest BCUT2D eigenvalue weighted by Gasteiger charge is -2.44. The number of piperidine rings is 1. The predicted octanol–water partition coefficient (Wildman–Crippen LogP) is 2.99. The van der Waals surface area contributed by atoms with Gasteiger partial charge in [0, 0.05) is 44.3 Å². The van der Waals surface area contributed by atoms with E-state index in [1.807, 2.05) is 43.0 Å². The second-order valence-electron chi connectivity index (χ2n) is 7.97. The van der Waals surface area contributed by atoms with Crippen molar-refractivity contribution in [3.8, 4) is 0 Å². The van der Waals surface area contributed by atoms with E-state index in [1.165, 1.54) is 0 Å². The molecule has 0 radical (unpaired) electrons. The summed E-state index contributed by atoms with van der Waals surface area (Å²) in [5.74, 6) is 0.138. The number of carbonyl (C=O) groups excluding carboxylic acids is 2. The number of nitrogens with one attached hydrogen (secondary N) is 1. The van der Waals surface area contributed by atoms with Gasteiger partial charge in [-0.25, -0.2) is 0 Å². The SMILES string of the molecule is CC(C)C(=O)NCc1ccc(C(=O)N2CCC3(CCOCC3)CC2)cc1. The van der Waals surface area contributed by atoms with Crippen LogP contribution in [0, 0.1) is 11.3 Å². The van der Waals surface area contributed by atoms with Crippen LogP contribution >= 0.6 is 0 Å². The van der Waals surface area contributed by atoms with Gasteiger partial charge in [-0.15, -0.1) is 0 Å². The zero-order valence-corrected chi connectivity index (χ0v) is 15.9. The van der Waals surface area contributed by atoms with E-state index in [0.29, 0.717) is 12.0 Å². The Bertz CT molecular complexity index is 623. The third kappa shape index (κ3) is 4.44. The summed E-state index contributed by atoms with van der Waals surface area (Å²) in [5.41, 5.74) is 2.13. The number of hydrogen-bond donors (Lipinski definition) is 1. The van der Waals surface area contributed by atoms with E-state index < -0.39 is 0 Å². The highest BCUT2D eigenvalue weighted by atomic mass is 16.5. The summed E-state index contributed by atoms with van der Waals surface area (Å²) >= 11 is 0. The molecule has 0 aliphatic carbocycles. The van der Waals surface area contributed by atoms with Crippen molar-refractivity contribution in [2.75, 3.05) is 26.3 Å². The fraction of sp³-hybridized carbons (Fsp3) is 0.619. The number of benzene rings is 1. The van der Waals surface area contributed by atoms with Crippen LogP contribution in [0.15, 0.2) is 24.3 Å². The molecule has 2 saturated heterocycles. The first-order valence-electron chi connectivity index (χ1n) is 9.73. The Morgan fingerprint density at radius 3 is 2.27 bits per heavy atom. The lowest BCUT2D eigenvalue weighted by molar-refractivity contribution is -0.124. The third-order valence-corrected chi connectivity index (χ3v) is 5.86. The summed E-state index contributed by atoms with van der Waals surface area (Å²) in [6.45, 7) is 7.65. The zero-order valence-electron chi connectivity index (χ0n) is 15.9. The van der Waals surface area contributed by atoms with E-state index in [-0.39, 0.29) is 17.7 Å². The summed E-state index contributed by atoms with van der Waals surface area (Å²) < 4.78 is 5.49. The first-order chi connectivity index (χ1) is 12.5. The van der Waals surface area contributed by atoms with Crippen LogP contribution in [-0.4, -0.2) is 43.0 Å². The van der Waals surface area contributed by atoms with Gasteiger partial charge in [0.25, 0.3) is 5.91 Å². The number of rotatable bonds is 4. The minimum absolute atomic E-state index is 0.0195. The van der Waals surface area contributed by atoms with Crippen LogP contribution in [0.25, 0.3) is 0 Å². The Kier molecular flexibility index (Phi) is 5.97. The van der Waals surface area contributed by atoms with Crippen molar-refractivity contribution in [2.45, 2.75) is 46.1 Å². The maximum atomic E-state index is 12.8. The average Bonchev–Trinajstić information content (AvgIpc) is 2.67. The molecular weight excluding hydrogens is 328 g/mol. The maximum absolute atomic E-state index is 12.8. The lowest BCUT2D eigenvalue weighted by Crippen LogP contribution is -2.45. The van der Waals surface area contributed by atoms with Crippen LogP contribution in [0.5, 0.6) is 0 Å². The number of amides is 2. The van der Waals surface area contributed by atoms with Crippen molar-refractivity contribution >= 4 is 11.8 Å². The van der Waals surface area contributed by atoms with Gasteiger partial charge in [0.05, 0.1) is 0 Å². The molecule has 0 aromatic heterocycles. The van der Waals surface area contributed by atoms with Gasteiger partial charge in [-0.2, -0.15) is 0 Å². The molecule has 2 aliphatic rings.